The first-order valence-electron chi connectivity index (χ1n) is 4.36. The van der Waals surface area contributed by atoms with Gasteiger partial charge in [0, 0.05) is 6.20 Å². The van der Waals surface area contributed by atoms with E-state index in [1.54, 1.807) is 6.20 Å². The van der Waals surface area contributed by atoms with Gasteiger partial charge in [-0.25, -0.2) is 0 Å². The van der Waals surface area contributed by atoms with E-state index in [-0.39, 0.29) is 0 Å². The molecule has 0 aromatic carbocycles. The molecule has 2 nitrogen and oxygen atoms in total. The molecular formula is C10H13NO. The summed E-state index contributed by atoms with van der Waals surface area (Å²) < 4.78 is 0. The van der Waals surface area contributed by atoms with Crippen molar-refractivity contribution in [3.05, 3.63) is 29.6 Å². The number of aliphatic hydroxyl groups is 1. The quantitative estimate of drug-likeness (QED) is 0.684. The second-order valence-corrected chi connectivity index (χ2v) is 3.60. The maximum atomic E-state index is 9.94. The highest BCUT2D eigenvalue weighted by Gasteiger charge is 2.37. The van der Waals surface area contributed by atoms with Crippen molar-refractivity contribution in [2.45, 2.75) is 31.8 Å². The summed E-state index contributed by atoms with van der Waals surface area (Å²) in [7, 11) is 0. The maximum Gasteiger partial charge on any atom is 0.106 e. The minimum absolute atomic E-state index is 0.605. The lowest BCUT2D eigenvalue weighted by Gasteiger charge is -2.35. The predicted octanol–water partition coefficient (Wildman–Crippen LogP) is 1.76. The van der Waals surface area contributed by atoms with E-state index in [1.807, 2.05) is 19.1 Å². The van der Waals surface area contributed by atoms with Gasteiger partial charge in [0.25, 0.3) is 0 Å². The zero-order valence-corrected chi connectivity index (χ0v) is 7.25. The molecule has 1 N–H and O–H groups in total. The molecule has 0 atom stereocenters. The topological polar surface area (TPSA) is 33.1 Å². The van der Waals surface area contributed by atoms with Crippen molar-refractivity contribution in [3.63, 3.8) is 0 Å². The second kappa shape index (κ2) is 2.56. The minimum atomic E-state index is -0.605. The van der Waals surface area contributed by atoms with Crippen molar-refractivity contribution in [2.24, 2.45) is 0 Å². The van der Waals surface area contributed by atoms with Crippen molar-refractivity contribution in [2.75, 3.05) is 0 Å². The third kappa shape index (κ3) is 1.12. The van der Waals surface area contributed by atoms with Gasteiger partial charge in [-0.2, -0.15) is 0 Å². The lowest BCUT2D eigenvalue weighted by molar-refractivity contribution is -0.0426. The Bertz CT molecular complexity index is 292. The first-order chi connectivity index (χ1) is 5.71. The number of rotatable bonds is 1. The van der Waals surface area contributed by atoms with Gasteiger partial charge in [0.2, 0.25) is 0 Å². The molecule has 0 bridgehead atoms. The van der Waals surface area contributed by atoms with Crippen molar-refractivity contribution in [1.82, 2.24) is 4.98 Å². The summed E-state index contributed by atoms with van der Waals surface area (Å²) in [5.41, 5.74) is 1.40. The van der Waals surface area contributed by atoms with Crippen LogP contribution in [-0.2, 0) is 5.60 Å². The molecule has 0 unspecified atom stereocenters. The monoisotopic (exact) mass is 163 g/mol. The van der Waals surface area contributed by atoms with Crippen molar-refractivity contribution in [1.29, 1.82) is 0 Å². The second-order valence-electron chi connectivity index (χ2n) is 3.60. The number of aromatic nitrogens is 1. The normalized spacial score (nSPS) is 20.2. The Hall–Kier alpha value is -0.890. The molecule has 0 aliphatic heterocycles. The highest BCUT2D eigenvalue weighted by atomic mass is 16.3. The van der Waals surface area contributed by atoms with Gasteiger partial charge in [-0.1, -0.05) is 0 Å². The van der Waals surface area contributed by atoms with Crippen LogP contribution < -0.4 is 0 Å². The molecule has 1 saturated carbocycles. The molecule has 1 fully saturated rings. The Kier molecular flexibility index (Phi) is 1.65. The molecule has 2 rings (SSSR count). The van der Waals surface area contributed by atoms with Gasteiger partial charge in [-0.05, 0) is 43.9 Å². The summed E-state index contributed by atoms with van der Waals surface area (Å²) in [6, 6.07) is 3.92. The zero-order chi connectivity index (χ0) is 8.60. The summed E-state index contributed by atoms with van der Waals surface area (Å²) in [6.07, 6.45) is 4.61. The van der Waals surface area contributed by atoms with E-state index in [4.69, 9.17) is 0 Å². The molecule has 1 aliphatic carbocycles. The number of nitrogens with zero attached hydrogens (tertiary/aromatic N) is 1. The molecule has 1 aromatic rings. The van der Waals surface area contributed by atoms with E-state index >= 15 is 0 Å². The summed E-state index contributed by atoms with van der Waals surface area (Å²) >= 11 is 0. The molecule has 1 heterocycles. The van der Waals surface area contributed by atoms with E-state index in [0.717, 1.165) is 25.0 Å². The molecule has 1 aliphatic rings. The molecule has 64 valence electrons. The largest absolute Gasteiger partial charge is 0.384 e. The van der Waals surface area contributed by atoms with Crippen LogP contribution in [-0.4, -0.2) is 10.1 Å². The van der Waals surface area contributed by atoms with Gasteiger partial charge >= 0.3 is 0 Å². The molecule has 0 spiro atoms. The van der Waals surface area contributed by atoms with Crippen LogP contribution in [0.3, 0.4) is 0 Å². The summed E-state index contributed by atoms with van der Waals surface area (Å²) in [5.74, 6) is 0. The predicted molar refractivity (Wildman–Crippen MR) is 46.7 cm³/mol. The van der Waals surface area contributed by atoms with Crippen LogP contribution in [0.1, 0.15) is 30.5 Å². The van der Waals surface area contributed by atoms with Crippen LogP contribution in [0, 0.1) is 6.92 Å². The van der Waals surface area contributed by atoms with Crippen molar-refractivity contribution < 1.29 is 5.11 Å². The first-order valence-corrected chi connectivity index (χ1v) is 4.36. The Labute approximate surface area is 72.3 Å². The fourth-order valence-corrected chi connectivity index (χ4v) is 1.56. The first kappa shape index (κ1) is 7.74. The van der Waals surface area contributed by atoms with Gasteiger partial charge in [0.1, 0.15) is 5.60 Å². The molecular weight excluding hydrogens is 150 g/mol. The van der Waals surface area contributed by atoms with Crippen molar-refractivity contribution in [3.8, 4) is 0 Å². The Morgan fingerprint density at radius 2 is 2.25 bits per heavy atom. The van der Waals surface area contributed by atoms with E-state index in [2.05, 4.69) is 4.98 Å². The number of hydrogen-bond donors (Lipinski definition) is 1. The fraction of sp³-hybridized carbons (Fsp3) is 0.500. The van der Waals surface area contributed by atoms with E-state index in [0.29, 0.717) is 0 Å². The molecule has 2 heteroatoms. The average molecular weight is 163 g/mol. The van der Waals surface area contributed by atoms with Gasteiger partial charge < -0.3 is 5.11 Å². The molecule has 0 radical (unpaired) electrons. The molecule has 0 amide bonds. The highest BCUT2D eigenvalue weighted by Crippen LogP contribution is 2.39. The van der Waals surface area contributed by atoms with Crippen LogP contribution in [0.2, 0.25) is 0 Å². The van der Waals surface area contributed by atoms with Crippen LogP contribution in [0.4, 0.5) is 0 Å². The molecule has 12 heavy (non-hydrogen) atoms. The summed E-state index contributed by atoms with van der Waals surface area (Å²) in [6.45, 7) is 2.02. The third-order valence-corrected chi connectivity index (χ3v) is 2.57. The molecule has 0 saturated heterocycles. The maximum absolute atomic E-state index is 9.94. The Morgan fingerprint density at radius 1 is 1.50 bits per heavy atom. The number of pyridine rings is 1. The lowest BCUT2D eigenvalue weighted by atomic mass is 9.77. The smallest absolute Gasteiger partial charge is 0.106 e. The molecule has 1 aromatic heterocycles. The highest BCUT2D eigenvalue weighted by molar-refractivity contribution is 5.21. The zero-order valence-electron chi connectivity index (χ0n) is 7.25. The fourth-order valence-electron chi connectivity index (χ4n) is 1.56. The van der Waals surface area contributed by atoms with Crippen LogP contribution >= 0.6 is 0 Å². The number of hydrogen-bond acceptors (Lipinski definition) is 2. The lowest BCUT2D eigenvalue weighted by Crippen LogP contribution is -2.34. The van der Waals surface area contributed by atoms with Crippen LogP contribution in [0.15, 0.2) is 18.3 Å². The Balaban J connectivity index is 2.33. The summed E-state index contributed by atoms with van der Waals surface area (Å²) in [5, 5.41) is 9.94. The van der Waals surface area contributed by atoms with E-state index < -0.39 is 5.60 Å². The summed E-state index contributed by atoms with van der Waals surface area (Å²) in [4.78, 5) is 4.18. The van der Waals surface area contributed by atoms with Crippen molar-refractivity contribution >= 4 is 0 Å². The van der Waals surface area contributed by atoms with Gasteiger partial charge in [-0.3, -0.25) is 4.98 Å². The van der Waals surface area contributed by atoms with E-state index in [1.165, 1.54) is 5.56 Å². The standard InChI is InChI=1S/C10H13NO/c1-8-3-6-11-9(7-8)10(12)4-2-5-10/h3,6-7,12H,2,4-5H2,1H3. The minimum Gasteiger partial charge on any atom is -0.384 e. The van der Waals surface area contributed by atoms with E-state index in [9.17, 15) is 5.11 Å². The SMILES string of the molecule is Cc1ccnc(C2(O)CCC2)c1. The van der Waals surface area contributed by atoms with Crippen LogP contribution in [0.25, 0.3) is 0 Å². The van der Waals surface area contributed by atoms with Gasteiger partial charge in [-0.15, -0.1) is 0 Å². The Morgan fingerprint density at radius 3 is 2.75 bits per heavy atom. The average Bonchev–Trinajstić information content (AvgIpc) is 2.00. The number of aryl methyl sites for hydroxylation is 1. The van der Waals surface area contributed by atoms with Crippen LogP contribution in [0.5, 0.6) is 0 Å². The van der Waals surface area contributed by atoms with Gasteiger partial charge in [0.05, 0.1) is 5.69 Å². The third-order valence-electron chi connectivity index (χ3n) is 2.57. The van der Waals surface area contributed by atoms with Gasteiger partial charge in [0.15, 0.2) is 0 Å².